The second kappa shape index (κ2) is 6.89. The number of carbonyl (C=O) groups excluding carboxylic acids is 2. The van der Waals surface area contributed by atoms with Crippen LogP contribution in [0.25, 0.3) is 0 Å². The highest BCUT2D eigenvalue weighted by molar-refractivity contribution is 5.87. The van der Waals surface area contributed by atoms with Crippen molar-refractivity contribution in [3.05, 3.63) is 11.3 Å². The van der Waals surface area contributed by atoms with E-state index < -0.39 is 0 Å². The number of anilines is 1. The average molecular weight is 268 g/mol. The number of aldehydes is 1. The van der Waals surface area contributed by atoms with E-state index in [1.165, 1.54) is 0 Å². The molecule has 0 aliphatic heterocycles. The van der Waals surface area contributed by atoms with Crippen LogP contribution in [0.1, 0.15) is 16.1 Å². The zero-order valence-electron chi connectivity index (χ0n) is 11.8. The van der Waals surface area contributed by atoms with Crippen LogP contribution >= 0.6 is 0 Å². The minimum absolute atomic E-state index is 0.129. The minimum Gasteiger partial charge on any atom is -0.383 e. The molecule has 106 valence electrons. The summed E-state index contributed by atoms with van der Waals surface area (Å²) in [5.41, 5.74) is 1.16. The van der Waals surface area contributed by atoms with E-state index in [0.717, 1.165) is 6.29 Å². The van der Waals surface area contributed by atoms with Crippen LogP contribution in [-0.4, -0.2) is 55.8 Å². The van der Waals surface area contributed by atoms with Gasteiger partial charge >= 0.3 is 0 Å². The molecule has 0 aliphatic carbocycles. The van der Waals surface area contributed by atoms with Crippen LogP contribution in [0.5, 0.6) is 0 Å². The van der Waals surface area contributed by atoms with Crippen molar-refractivity contribution in [2.45, 2.75) is 6.92 Å². The maximum absolute atomic E-state index is 11.7. The fourth-order valence-electron chi connectivity index (χ4n) is 1.89. The Morgan fingerprint density at radius 2 is 2.26 bits per heavy atom. The fraction of sp³-hybridized carbons (Fsp3) is 0.583. The molecule has 0 saturated heterocycles. The maximum Gasteiger partial charge on any atom is 0.239 e. The molecule has 7 heteroatoms. The van der Waals surface area contributed by atoms with Gasteiger partial charge in [0.05, 0.1) is 24.4 Å². The van der Waals surface area contributed by atoms with Crippen molar-refractivity contribution in [3.8, 4) is 0 Å². The Hall–Kier alpha value is -1.89. The van der Waals surface area contributed by atoms with E-state index >= 15 is 0 Å². The third-order valence-corrected chi connectivity index (χ3v) is 2.73. The Balaban J connectivity index is 2.70. The third-order valence-electron chi connectivity index (χ3n) is 2.73. The number of nitrogens with zero attached hydrogens (tertiary/aromatic N) is 3. The monoisotopic (exact) mass is 268 g/mol. The van der Waals surface area contributed by atoms with Gasteiger partial charge in [0.15, 0.2) is 6.29 Å². The normalized spacial score (nSPS) is 10.3. The lowest BCUT2D eigenvalue weighted by atomic mass is 10.2. The maximum atomic E-state index is 11.7. The first-order valence-corrected chi connectivity index (χ1v) is 5.96. The average Bonchev–Trinajstić information content (AvgIpc) is 2.63. The number of methoxy groups -OCH3 is 1. The molecule has 0 unspecified atom stereocenters. The van der Waals surface area contributed by atoms with Crippen LogP contribution < -0.4 is 10.2 Å². The van der Waals surface area contributed by atoms with E-state index in [-0.39, 0.29) is 12.5 Å². The number of nitrogens with one attached hydrogen (secondary N) is 1. The Morgan fingerprint density at radius 3 is 2.84 bits per heavy atom. The molecule has 0 radical (unpaired) electrons. The fourth-order valence-corrected chi connectivity index (χ4v) is 1.89. The molecule has 1 aromatic rings. The van der Waals surface area contributed by atoms with Gasteiger partial charge in [0.25, 0.3) is 0 Å². The summed E-state index contributed by atoms with van der Waals surface area (Å²) in [6.45, 7) is 2.86. The van der Waals surface area contributed by atoms with Gasteiger partial charge in [-0.3, -0.25) is 14.3 Å². The summed E-state index contributed by atoms with van der Waals surface area (Å²) in [5.74, 6) is 0.504. The van der Waals surface area contributed by atoms with E-state index in [1.807, 2.05) is 0 Å². The summed E-state index contributed by atoms with van der Waals surface area (Å²) in [6.07, 6.45) is 0.761. The number of carbonyl (C=O) groups is 2. The molecule has 0 atom stereocenters. The molecule has 0 spiro atoms. The molecule has 0 aliphatic rings. The molecular weight excluding hydrogens is 248 g/mol. The van der Waals surface area contributed by atoms with E-state index in [2.05, 4.69) is 10.4 Å². The van der Waals surface area contributed by atoms with Crippen LogP contribution in [0, 0.1) is 6.92 Å². The minimum atomic E-state index is -0.129. The van der Waals surface area contributed by atoms with Gasteiger partial charge < -0.3 is 15.0 Å². The van der Waals surface area contributed by atoms with Gasteiger partial charge in [-0.05, 0) is 6.92 Å². The second-order valence-electron chi connectivity index (χ2n) is 4.26. The number of amides is 1. The van der Waals surface area contributed by atoms with Gasteiger partial charge in [0.1, 0.15) is 5.82 Å². The number of hydrogen-bond donors (Lipinski definition) is 1. The first-order chi connectivity index (χ1) is 9.01. The quantitative estimate of drug-likeness (QED) is 0.544. The lowest BCUT2D eigenvalue weighted by Gasteiger charge is -2.19. The van der Waals surface area contributed by atoms with Crippen LogP contribution in [-0.2, 0) is 16.6 Å². The molecule has 1 aromatic heterocycles. The number of hydrogen-bond acceptors (Lipinski definition) is 5. The topological polar surface area (TPSA) is 76.5 Å². The van der Waals surface area contributed by atoms with Gasteiger partial charge in [-0.25, -0.2) is 0 Å². The van der Waals surface area contributed by atoms with Crippen molar-refractivity contribution in [3.63, 3.8) is 0 Å². The van der Waals surface area contributed by atoms with Crippen molar-refractivity contribution in [1.29, 1.82) is 0 Å². The van der Waals surface area contributed by atoms with Crippen LogP contribution in [0.2, 0.25) is 0 Å². The van der Waals surface area contributed by atoms with Crippen molar-refractivity contribution >= 4 is 18.0 Å². The molecule has 0 fully saturated rings. The lowest BCUT2D eigenvalue weighted by Crippen LogP contribution is -2.37. The zero-order valence-corrected chi connectivity index (χ0v) is 11.8. The van der Waals surface area contributed by atoms with E-state index in [0.29, 0.717) is 30.2 Å². The summed E-state index contributed by atoms with van der Waals surface area (Å²) in [6, 6.07) is 0. The number of aromatic nitrogens is 2. The summed E-state index contributed by atoms with van der Waals surface area (Å²) in [4.78, 5) is 24.5. The van der Waals surface area contributed by atoms with E-state index in [1.54, 1.807) is 37.7 Å². The lowest BCUT2D eigenvalue weighted by molar-refractivity contribution is -0.119. The predicted molar refractivity (Wildman–Crippen MR) is 71.5 cm³/mol. The highest BCUT2D eigenvalue weighted by Crippen LogP contribution is 2.19. The molecule has 0 saturated carbocycles. The Bertz CT molecular complexity index is 456. The number of ether oxygens (including phenoxy) is 1. The largest absolute Gasteiger partial charge is 0.383 e. The summed E-state index contributed by atoms with van der Waals surface area (Å²) < 4.78 is 6.45. The second-order valence-corrected chi connectivity index (χ2v) is 4.26. The van der Waals surface area contributed by atoms with Crippen molar-refractivity contribution in [2.75, 3.05) is 38.8 Å². The van der Waals surface area contributed by atoms with Gasteiger partial charge in [-0.2, -0.15) is 5.10 Å². The third kappa shape index (κ3) is 3.78. The Labute approximate surface area is 112 Å². The van der Waals surface area contributed by atoms with Crippen molar-refractivity contribution < 1.29 is 14.3 Å². The van der Waals surface area contributed by atoms with Gasteiger partial charge in [-0.15, -0.1) is 0 Å². The Morgan fingerprint density at radius 1 is 1.58 bits per heavy atom. The molecule has 1 rings (SSSR count). The van der Waals surface area contributed by atoms with Crippen molar-refractivity contribution in [1.82, 2.24) is 15.1 Å². The number of likely N-dealkylation sites (N-methyl/N-ethyl adjacent to an activating group) is 1. The first kappa shape index (κ1) is 15.2. The standard InChI is InChI=1S/C12H20N4O3/c1-9-10(8-17)12(16(3)14-9)15(2)7-11(18)13-5-6-19-4/h8H,5-7H2,1-4H3,(H,13,18). The first-order valence-electron chi connectivity index (χ1n) is 5.96. The molecule has 19 heavy (non-hydrogen) atoms. The van der Waals surface area contributed by atoms with Crippen LogP contribution in [0.15, 0.2) is 0 Å². The zero-order chi connectivity index (χ0) is 14.4. The molecule has 1 heterocycles. The Kier molecular flexibility index (Phi) is 5.50. The van der Waals surface area contributed by atoms with Crippen molar-refractivity contribution in [2.24, 2.45) is 7.05 Å². The molecule has 0 bridgehead atoms. The van der Waals surface area contributed by atoms with Gasteiger partial charge in [0.2, 0.25) is 5.91 Å². The molecule has 1 N–H and O–H groups in total. The highest BCUT2D eigenvalue weighted by atomic mass is 16.5. The van der Waals surface area contributed by atoms with Gasteiger partial charge in [0, 0.05) is 27.7 Å². The number of aryl methyl sites for hydroxylation is 2. The summed E-state index contributed by atoms with van der Waals surface area (Å²) in [7, 11) is 5.07. The SMILES string of the molecule is COCCNC(=O)CN(C)c1c(C=O)c(C)nn1C. The molecule has 7 nitrogen and oxygen atoms in total. The molecule has 1 amide bonds. The van der Waals surface area contributed by atoms with Crippen LogP contribution in [0.3, 0.4) is 0 Å². The van der Waals surface area contributed by atoms with E-state index in [4.69, 9.17) is 4.74 Å². The number of rotatable bonds is 7. The van der Waals surface area contributed by atoms with Gasteiger partial charge in [-0.1, -0.05) is 0 Å². The predicted octanol–water partition coefficient (Wildman–Crippen LogP) is -0.260. The molecule has 0 aromatic carbocycles. The smallest absolute Gasteiger partial charge is 0.239 e. The van der Waals surface area contributed by atoms with E-state index in [9.17, 15) is 9.59 Å². The highest BCUT2D eigenvalue weighted by Gasteiger charge is 2.18. The van der Waals surface area contributed by atoms with Crippen LogP contribution in [0.4, 0.5) is 5.82 Å². The summed E-state index contributed by atoms with van der Waals surface area (Å²) >= 11 is 0. The molecular formula is C12H20N4O3. The summed E-state index contributed by atoms with van der Waals surface area (Å²) in [5, 5.41) is 6.90.